The first-order chi connectivity index (χ1) is 10.5. The molecule has 1 aromatic carbocycles. The van der Waals surface area contributed by atoms with Crippen molar-refractivity contribution in [1.29, 1.82) is 0 Å². The summed E-state index contributed by atoms with van der Waals surface area (Å²) in [5.74, 6) is 0.678. The normalized spacial score (nSPS) is 11.2. The molecule has 2 N–H and O–H groups in total. The molecule has 1 aromatic rings. The van der Waals surface area contributed by atoms with E-state index in [1.54, 1.807) is 0 Å². The van der Waals surface area contributed by atoms with Gasteiger partial charge in [0.05, 0.1) is 6.42 Å². The highest BCUT2D eigenvalue weighted by atomic mass is 16.2. The van der Waals surface area contributed by atoms with Gasteiger partial charge in [0.15, 0.2) is 0 Å². The molecule has 0 unspecified atom stereocenters. The molecule has 0 aliphatic rings. The molecule has 124 valence electrons. The summed E-state index contributed by atoms with van der Waals surface area (Å²) in [6, 6.07) is 7.58. The minimum atomic E-state index is 0.200. The van der Waals surface area contributed by atoms with E-state index in [9.17, 15) is 4.79 Å². The third-order valence-electron chi connectivity index (χ3n) is 3.85. The maximum Gasteiger partial charge on any atom is 0.227 e. The zero-order valence-electron chi connectivity index (χ0n) is 14.5. The van der Waals surface area contributed by atoms with Crippen LogP contribution in [0.4, 0.5) is 5.69 Å². The first-order valence-electron chi connectivity index (χ1n) is 8.30. The summed E-state index contributed by atoms with van der Waals surface area (Å²) in [6.45, 7) is 13.2. The minimum Gasteiger partial charge on any atom is -0.399 e. The van der Waals surface area contributed by atoms with E-state index < -0.39 is 0 Å². The molecule has 0 fully saturated rings. The SMILES string of the molecule is CCN(CC)CCN(CC(C)C)C(=O)Cc1ccc(N)cc1. The molecule has 0 atom stereocenters. The van der Waals surface area contributed by atoms with E-state index in [0.29, 0.717) is 12.3 Å². The number of likely N-dealkylation sites (N-methyl/N-ethyl adjacent to an activating group) is 1. The number of anilines is 1. The molecule has 0 saturated carbocycles. The fourth-order valence-electron chi connectivity index (χ4n) is 2.48. The Labute approximate surface area is 135 Å². The number of nitrogens with zero attached hydrogens (tertiary/aromatic N) is 2. The van der Waals surface area contributed by atoms with Crippen LogP contribution in [-0.2, 0) is 11.2 Å². The molecule has 4 heteroatoms. The third-order valence-corrected chi connectivity index (χ3v) is 3.85. The highest BCUT2D eigenvalue weighted by molar-refractivity contribution is 5.78. The van der Waals surface area contributed by atoms with Crippen molar-refractivity contribution < 1.29 is 4.79 Å². The van der Waals surface area contributed by atoms with Crippen molar-refractivity contribution >= 4 is 11.6 Å². The Bertz CT molecular complexity index is 438. The zero-order valence-corrected chi connectivity index (χ0v) is 14.5. The number of nitrogen functional groups attached to an aromatic ring is 1. The van der Waals surface area contributed by atoms with Crippen molar-refractivity contribution in [1.82, 2.24) is 9.80 Å². The minimum absolute atomic E-state index is 0.200. The second-order valence-corrected chi connectivity index (χ2v) is 6.18. The predicted molar refractivity (Wildman–Crippen MR) is 93.8 cm³/mol. The number of nitrogens with two attached hydrogens (primary N) is 1. The Kier molecular flexibility index (Phi) is 7.96. The number of hydrogen-bond acceptors (Lipinski definition) is 3. The molecule has 0 spiro atoms. The predicted octanol–water partition coefficient (Wildman–Crippen LogP) is 2.64. The van der Waals surface area contributed by atoms with E-state index in [2.05, 4.69) is 32.6 Å². The maximum atomic E-state index is 12.6. The Morgan fingerprint density at radius 2 is 1.68 bits per heavy atom. The van der Waals surface area contributed by atoms with Gasteiger partial charge in [-0.1, -0.05) is 39.8 Å². The average molecular weight is 305 g/mol. The maximum absolute atomic E-state index is 12.6. The molecule has 0 radical (unpaired) electrons. The van der Waals surface area contributed by atoms with Crippen LogP contribution in [0.15, 0.2) is 24.3 Å². The van der Waals surface area contributed by atoms with E-state index in [1.807, 2.05) is 29.2 Å². The fourth-order valence-corrected chi connectivity index (χ4v) is 2.48. The average Bonchev–Trinajstić information content (AvgIpc) is 2.49. The van der Waals surface area contributed by atoms with Crippen molar-refractivity contribution in [2.24, 2.45) is 5.92 Å². The second-order valence-electron chi connectivity index (χ2n) is 6.18. The van der Waals surface area contributed by atoms with Gasteiger partial charge in [0.2, 0.25) is 5.91 Å². The van der Waals surface area contributed by atoms with E-state index in [-0.39, 0.29) is 5.91 Å². The van der Waals surface area contributed by atoms with Gasteiger partial charge in [-0.05, 0) is 36.7 Å². The molecule has 0 aliphatic carbocycles. The number of amides is 1. The topological polar surface area (TPSA) is 49.6 Å². The lowest BCUT2D eigenvalue weighted by Crippen LogP contribution is -2.41. The van der Waals surface area contributed by atoms with Gasteiger partial charge in [0.1, 0.15) is 0 Å². The van der Waals surface area contributed by atoms with Gasteiger partial charge in [-0.2, -0.15) is 0 Å². The van der Waals surface area contributed by atoms with Gasteiger partial charge in [0, 0.05) is 25.3 Å². The molecule has 0 aromatic heterocycles. The number of hydrogen-bond donors (Lipinski definition) is 1. The molecule has 0 heterocycles. The Morgan fingerprint density at radius 1 is 1.09 bits per heavy atom. The van der Waals surface area contributed by atoms with Crippen LogP contribution in [0.1, 0.15) is 33.3 Å². The summed E-state index contributed by atoms with van der Waals surface area (Å²) in [5, 5.41) is 0. The molecule has 1 rings (SSSR count). The van der Waals surface area contributed by atoms with Crippen LogP contribution in [0, 0.1) is 5.92 Å². The van der Waals surface area contributed by atoms with Crippen LogP contribution in [0.3, 0.4) is 0 Å². The first kappa shape index (κ1) is 18.5. The van der Waals surface area contributed by atoms with Crippen LogP contribution in [-0.4, -0.2) is 48.4 Å². The van der Waals surface area contributed by atoms with Crippen molar-refractivity contribution in [2.45, 2.75) is 34.1 Å². The Balaban J connectivity index is 2.64. The largest absolute Gasteiger partial charge is 0.399 e. The lowest BCUT2D eigenvalue weighted by atomic mass is 10.1. The highest BCUT2D eigenvalue weighted by Gasteiger charge is 2.16. The lowest BCUT2D eigenvalue weighted by molar-refractivity contribution is -0.131. The van der Waals surface area contributed by atoms with Gasteiger partial charge in [0.25, 0.3) is 0 Å². The van der Waals surface area contributed by atoms with Crippen molar-refractivity contribution in [3.63, 3.8) is 0 Å². The highest BCUT2D eigenvalue weighted by Crippen LogP contribution is 2.09. The van der Waals surface area contributed by atoms with Crippen molar-refractivity contribution in [3.05, 3.63) is 29.8 Å². The molecule has 0 aliphatic heterocycles. The molecular weight excluding hydrogens is 274 g/mol. The molecule has 0 saturated heterocycles. The van der Waals surface area contributed by atoms with E-state index in [0.717, 1.165) is 44.0 Å². The standard InChI is InChI=1S/C18H31N3O/c1-5-20(6-2)11-12-21(14-15(3)4)18(22)13-16-7-9-17(19)10-8-16/h7-10,15H,5-6,11-14,19H2,1-4H3. The molecule has 1 amide bonds. The summed E-state index contributed by atoms with van der Waals surface area (Å²) in [4.78, 5) is 16.9. The monoisotopic (exact) mass is 305 g/mol. The number of carbonyl (C=O) groups excluding carboxylic acids is 1. The summed E-state index contributed by atoms with van der Waals surface area (Å²) >= 11 is 0. The smallest absolute Gasteiger partial charge is 0.227 e. The number of benzene rings is 1. The molecule has 22 heavy (non-hydrogen) atoms. The number of carbonyl (C=O) groups is 1. The summed E-state index contributed by atoms with van der Waals surface area (Å²) in [6.07, 6.45) is 0.450. The van der Waals surface area contributed by atoms with Crippen LogP contribution in [0.5, 0.6) is 0 Å². The van der Waals surface area contributed by atoms with Crippen molar-refractivity contribution in [3.8, 4) is 0 Å². The summed E-state index contributed by atoms with van der Waals surface area (Å²) in [7, 11) is 0. The van der Waals surface area contributed by atoms with E-state index >= 15 is 0 Å². The second kappa shape index (κ2) is 9.46. The van der Waals surface area contributed by atoms with Gasteiger partial charge in [-0.15, -0.1) is 0 Å². The molecule has 4 nitrogen and oxygen atoms in total. The molecular formula is C18H31N3O. The zero-order chi connectivity index (χ0) is 16.5. The van der Waals surface area contributed by atoms with Gasteiger partial charge in [-0.3, -0.25) is 4.79 Å². The Morgan fingerprint density at radius 3 is 2.18 bits per heavy atom. The van der Waals surface area contributed by atoms with Crippen LogP contribution in [0.2, 0.25) is 0 Å². The fraction of sp³-hybridized carbons (Fsp3) is 0.611. The third kappa shape index (κ3) is 6.48. The molecule has 0 bridgehead atoms. The summed E-state index contributed by atoms with van der Waals surface area (Å²) < 4.78 is 0. The number of rotatable bonds is 9. The van der Waals surface area contributed by atoms with Crippen LogP contribution >= 0.6 is 0 Å². The quantitative estimate of drug-likeness (QED) is 0.714. The Hall–Kier alpha value is -1.55. The van der Waals surface area contributed by atoms with E-state index in [1.165, 1.54) is 0 Å². The summed E-state index contributed by atoms with van der Waals surface area (Å²) in [5.41, 5.74) is 7.45. The van der Waals surface area contributed by atoms with Crippen LogP contribution in [0.25, 0.3) is 0 Å². The van der Waals surface area contributed by atoms with Crippen molar-refractivity contribution in [2.75, 3.05) is 38.5 Å². The first-order valence-corrected chi connectivity index (χ1v) is 8.30. The lowest BCUT2D eigenvalue weighted by Gasteiger charge is -2.28. The van der Waals surface area contributed by atoms with E-state index in [4.69, 9.17) is 5.73 Å². The van der Waals surface area contributed by atoms with Gasteiger partial charge in [-0.25, -0.2) is 0 Å². The van der Waals surface area contributed by atoms with Gasteiger partial charge >= 0.3 is 0 Å². The van der Waals surface area contributed by atoms with Gasteiger partial charge < -0.3 is 15.5 Å². The van der Waals surface area contributed by atoms with Crippen LogP contribution < -0.4 is 5.73 Å².